The lowest BCUT2D eigenvalue weighted by atomic mass is 9.96. The number of carbonyl (C=O) groups excluding carboxylic acids is 1. The Morgan fingerprint density at radius 1 is 1.50 bits per heavy atom. The average molecular weight is 330 g/mol. The molecule has 1 aromatic heterocycles. The summed E-state index contributed by atoms with van der Waals surface area (Å²) >= 11 is 5.00. The smallest absolute Gasteiger partial charge is 0.254 e. The van der Waals surface area contributed by atoms with Gasteiger partial charge in [0.25, 0.3) is 5.91 Å². The van der Waals surface area contributed by atoms with Gasteiger partial charge in [0.1, 0.15) is 0 Å². The van der Waals surface area contributed by atoms with Gasteiger partial charge in [-0.25, -0.2) is 0 Å². The van der Waals surface area contributed by atoms with E-state index >= 15 is 0 Å². The van der Waals surface area contributed by atoms with Gasteiger partial charge in [-0.2, -0.15) is 0 Å². The van der Waals surface area contributed by atoms with E-state index in [0.717, 1.165) is 34.8 Å². The molecular formula is C14H20BrNOS. The molecule has 0 saturated carbocycles. The molecule has 1 aliphatic heterocycles. The number of amides is 1. The standard InChI is InChI=1S/C14H20BrNOS/c1-2-4-11-5-3-7-16(8-6-11)14(17)12-9-13(15)18-10-12/h9-11H,2-8H2,1H3. The second-order valence-corrected chi connectivity index (χ2v) is 7.31. The third kappa shape index (κ3) is 3.58. The van der Waals surface area contributed by atoms with Gasteiger partial charge in [0.05, 0.1) is 9.35 Å². The zero-order valence-corrected chi connectivity index (χ0v) is 13.2. The van der Waals surface area contributed by atoms with Gasteiger partial charge in [-0.1, -0.05) is 19.8 Å². The fourth-order valence-electron chi connectivity index (χ4n) is 2.67. The van der Waals surface area contributed by atoms with E-state index in [4.69, 9.17) is 0 Å². The minimum atomic E-state index is 0.203. The summed E-state index contributed by atoms with van der Waals surface area (Å²) in [7, 11) is 0. The topological polar surface area (TPSA) is 20.3 Å². The molecule has 2 nitrogen and oxygen atoms in total. The van der Waals surface area contributed by atoms with E-state index < -0.39 is 0 Å². The maximum absolute atomic E-state index is 12.3. The van der Waals surface area contributed by atoms with Crippen molar-refractivity contribution in [2.24, 2.45) is 5.92 Å². The first-order chi connectivity index (χ1) is 8.70. The normalized spacial score (nSPS) is 20.8. The van der Waals surface area contributed by atoms with Crippen LogP contribution in [-0.4, -0.2) is 23.9 Å². The monoisotopic (exact) mass is 329 g/mol. The van der Waals surface area contributed by atoms with Gasteiger partial charge < -0.3 is 4.90 Å². The molecule has 2 heterocycles. The van der Waals surface area contributed by atoms with Crippen LogP contribution in [-0.2, 0) is 0 Å². The van der Waals surface area contributed by atoms with Crippen molar-refractivity contribution in [3.63, 3.8) is 0 Å². The van der Waals surface area contributed by atoms with E-state index in [1.165, 1.54) is 25.7 Å². The number of rotatable bonds is 3. The maximum atomic E-state index is 12.3. The number of halogens is 1. The van der Waals surface area contributed by atoms with E-state index in [2.05, 4.69) is 22.9 Å². The van der Waals surface area contributed by atoms with Crippen LogP contribution < -0.4 is 0 Å². The number of likely N-dealkylation sites (tertiary alicyclic amines) is 1. The lowest BCUT2D eigenvalue weighted by Gasteiger charge is -2.20. The van der Waals surface area contributed by atoms with Crippen LogP contribution in [0.1, 0.15) is 49.4 Å². The minimum absolute atomic E-state index is 0.203. The molecule has 1 fully saturated rings. The van der Waals surface area contributed by atoms with Gasteiger partial charge in [-0.3, -0.25) is 4.79 Å². The molecular weight excluding hydrogens is 310 g/mol. The zero-order valence-electron chi connectivity index (χ0n) is 10.8. The fraction of sp³-hybridized carbons (Fsp3) is 0.643. The molecule has 0 bridgehead atoms. The molecule has 1 saturated heterocycles. The molecule has 100 valence electrons. The van der Waals surface area contributed by atoms with Crippen LogP contribution in [0.3, 0.4) is 0 Å². The van der Waals surface area contributed by atoms with Crippen molar-refractivity contribution in [1.82, 2.24) is 4.90 Å². The summed E-state index contributed by atoms with van der Waals surface area (Å²) < 4.78 is 1.03. The van der Waals surface area contributed by atoms with Gasteiger partial charge in [-0.15, -0.1) is 11.3 Å². The molecule has 1 amide bonds. The Bertz CT molecular complexity index is 404. The Hall–Kier alpha value is -0.350. The molecule has 1 unspecified atom stereocenters. The predicted molar refractivity (Wildman–Crippen MR) is 80.2 cm³/mol. The Morgan fingerprint density at radius 2 is 2.33 bits per heavy atom. The molecule has 0 spiro atoms. The highest BCUT2D eigenvalue weighted by Crippen LogP contribution is 2.25. The summed E-state index contributed by atoms with van der Waals surface area (Å²) in [6, 6.07) is 1.93. The predicted octanol–water partition coefficient (Wildman–Crippen LogP) is 4.55. The first-order valence-electron chi connectivity index (χ1n) is 6.74. The highest BCUT2D eigenvalue weighted by molar-refractivity contribution is 9.11. The van der Waals surface area contributed by atoms with Crippen molar-refractivity contribution < 1.29 is 4.79 Å². The molecule has 1 atom stereocenters. The first-order valence-corrected chi connectivity index (χ1v) is 8.41. The lowest BCUT2D eigenvalue weighted by molar-refractivity contribution is 0.0760. The summed E-state index contributed by atoms with van der Waals surface area (Å²) in [5.41, 5.74) is 0.834. The van der Waals surface area contributed by atoms with E-state index in [1.54, 1.807) is 11.3 Å². The maximum Gasteiger partial charge on any atom is 0.254 e. The van der Waals surface area contributed by atoms with Crippen LogP contribution in [0.5, 0.6) is 0 Å². The van der Waals surface area contributed by atoms with Gasteiger partial charge in [0.2, 0.25) is 0 Å². The van der Waals surface area contributed by atoms with E-state index in [9.17, 15) is 4.79 Å². The van der Waals surface area contributed by atoms with Crippen molar-refractivity contribution in [2.45, 2.75) is 39.0 Å². The van der Waals surface area contributed by atoms with Crippen molar-refractivity contribution in [1.29, 1.82) is 0 Å². The van der Waals surface area contributed by atoms with Crippen molar-refractivity contribution in [3.8, 4) is 0 Å². The summed E-state index contributed by atoms with van der Waals surface area (Å²) in [5.74, 6) is 1.02. The van der Waals surface area contributed by atoms with Crippen LogP contribution in [0, 0.1) is 5.92 Å². The number of carbonyl (C=O) groups is 1. The third-order valence-corrected chi connectivity index (χ3v) is 5.15. The van der Waals surface area contributed by atoms with Gasteiger partial charge >= 0.3 is 0 Å². The van der Waals surface area contributed by atoms with Crippen LogP contribution in [0.2, 0.25) is 0 Å². The van der Waals surface area contributed by atoms with Crippen LogP contribution in [0.4, 0.5) is 0 Å². The summed E-state index contributed by atoms with van der Waals surface area (Å²) in [4.78, 5) is 14.4. The highest BCUT2D eigenvalue weighted by Gasteiger charge is 2.21. The van der Waals surface area contributed by atoms with Crippen LogP contribution in [0.25, 0.3) is 0 Å². The quantitative estimate of drug-likeness (QED) is 0.796. The van der Waals surface area contributed by atoms with Crippen LogP contribution >= 0.6 is 27.3 Å². The summed E-state index contributed by atoms with van der Waals surface area (Å²) in [6.07, 6.45) is 6.18. The SMILES string of the molecule is CCCC1CCCN(C(=O)c2csc(Br)c2)CC1. The minimum Gasteiger partial charge on any atom is -0.339 e. The van der Waals surface area contributed by atoms with Gasteiger partial charge in [-0.05, 0) is 47.2 Å². The molecule has 0 aromatic carbocycles. The Morgan fingerprint density at radius 3 is 3.00 bits per heavy atom. The van der Waals surface area contributed by atoms with E-state index in [0.29, 0.717) is 0 Å². The number of hydrogen-bond acceptors (Lipinski definition) is 2. The van der Waals surface area contributed by atoms with Crippen LogP contribution in [0.15, 0.2) is 15.2 Å². The Balaban J connectivity index is 1.95. The molecule has 18 heavy (non-hydrogen) atoms. The molecule has 0 N–H and O–H groups in total. The first kappa shape index (κ1) is 14.1. The molecule has 0 aliphatic carbocycles. The second-order valence-electron chi connectivity index (χ2n) is 5.02. The Labute approximate surface area is 122 Å². The summed E-state index contributed by atoms with van der Waals surface area (Å²) in [6.45, 7) is 4.10. The highest BCUT2D eigenvalue weighted by atomic mass is 79.9. The molecule has 4 heteroatoms. The second kappa shape index (κ2) is 6.71. The third-order valence-electron chi connectivity index (χ3n) is 3.65. The zero-order chi connectivity index (χ0) is 13.0. The number of hydrogen-bond donors (Lipinski definition) is 0. The molecule has 1 aromatic rings. The lowest BCUT2D eigenvalue weighted by Crippen LogP contribution is -2.31. The van der Waals surface area contributed by atoms with E-state index in [1.807, 2.05) is 16.3 Å². The number of thiophene rings is 1. The summed E-state index contributed by atoms with van der Waals surface area (Å²) in [5, 5.41) is 1.95. The number of nitrogens with zero attached hydrogens (tertiary/aromatic N) is 1. The van der Waals surface area contributed by atoms with E-state index in [-0.39, 0.29) is 5.91 Å². The van der Waals surface area contributed by atoms with Crippen molar-refractivity contribution >= 4 is 33.2 Å². The van der Waals surface area contributed by atoms with Crippen molar-refractivity contribution in [3.05, 3.63) is 20.8 Å². The molecule has 1 aliphatic rings. The molecule has 0 radical (unpaired) electrons. The van der Waals surface area contributed by atoms with Gasteiger partial charge in [0, 0.05) is 18.5 Å². The molecule has 2 rings (SSSR count). The average Bonchev–Trinajstić information content (AvgIpc) is 2.65. The largest absolute Gasteiger partial charge is 0.339 e. The van der Waals surface area contributed by atoms with Gasteiger partial charge in [0.15, 0.2) is 0 Å². The van der Waals surface area contributed by atoms with Crippen molar-refractivity contribution in [2.75, 3.05) is 13.1 Å². The fourth-order valence-corrected chi connectivity index (χ4v) is 3.80. The Kier molecular flexibility index (Phi) is 5.25.